The van der Waals surface area contributed by atoms with Gasteiger partial charge in [-0.3, -0.25) is 4.98 Å². The Labute approximate surface area is 125 Å². The average Bonchev–Trinajstić information content (AvgIpc) is 2.54. The van der Waals surface area contributed by atoms with Crippen molar-refractivity contribution in [3.63, 3.8) is 0 Å². The van der Waals surface area contributed by atoms with E-state index in [2.05, 4.69) is 23.0 Å². The topological polar surface area (TPSA) is 49.1 Å². The van der Waals surface area contributed by atoms with Crippen LogP contribution in [0, 0.1) is 11.3 Å². The summed E-state index contributed by atoms with van der Waals surface area (Å²) in [7, 11) is 2.07. The van der Waals surface area contributed by atoms with Crippen molar-refractivity contribution in [2.24, 2.45) is 0 Å². The highest BCUT2D eigenvalue weighted by Crippen LogP contribution is 2.11. The minimum absolute atomic E-state index is 0.630. The van der Waals surface area contributed by atoms with Crippen LogP contribution in [0.15, 0.2) is 48.7 Å². The quantitative estimate of drug-likeness (QED) is 0.782. The number of likely N-dealkylation sites (N-methyl/N-ethyl adjacent to an activating group) is 1. The van der Waals surface area contributed by atoms with E-state index in [-0.39, 0.29) is 0 Å². The predicted molar refractivity (Wildman–Crippen MR) is 82.1 cm³/mol. The fourth-order valence-corrected chi connectivity index (χ4v) is 1.91. The first-order chi connectivity index (χ1) is 10.3. The summed E-state index contributed by atoms with van der Waals surface area (Å²) in [6.45, 7) is 2.44. The normalized spacial score (nSPS) is 10.3. The molecule has 0 fully saturated rings. The first-order valence-electron chi connectivity index (χ1n) is 6.99. The Bertz CT molecular complexity index is 575. The number of nitrogens with zero attached hydrogens (tertiary/aromatic N) is 3. The maximum Gasteiger partial charge on any atom is 0.119 e. The van der Waals surface area contributed by atoms with Gasteiger partial charge in [0.1, 0.15) is 12.4 Å². The van der Waals surface area contributed by atoms with Crippen molar-refractivity contribution in [2.75, 3.05) is 26.7 Å². The monoisotopic (exact) mass is 281 g/mol. The van der Waals surface area contributed by atoms with Crippen LogP contribution in [0.1, 0.15) is 11.3 Å². The molecule has 0 unspecified atom stereocenters. The summed E-state index contributed by atoms with van der Waals surface area (Å²) in [6.07, 6.45) is 2.76. The molecule has 21 heavy (non-hydrogen) atoms. The highest BCUT2D eigenvalue weighted by molar-refractivity contribution is 5.34. The number of nitriles is 1. The average molecular weight is 281 g/mol. The molecule has 1 heterocycles. The number of pyridine rings is 1. The Morgan fingerprint density at radius 3 is 2.62 bits per heavy atom. The lowest BCUT2D eigenvalue weighted by Crippen LogP contribution is -2.26. The van der Waals surface area contributed by atoms with Gasteiger partial charge in [-0.25, -0.2) is 0 Å². The van der Waals surface area contributed by atoms with Crippen LogP contribution in [0.5, 0.6) is 5.75 Å². The molecule has 108 valence electrons. The van der Waals surface area contributed by atoms with Gasteiger partial charge in [-0.1, -0.05) is 6.07 Å². The summed E-state index contributed by atoms with van der Waals surface area (Å²) < 4.78 is 5.66. The molecule has 0 N–H and O–H groups in total. The minimum atomic E-state index is 0.630. The first kappa shape index (κ1) is 15.0. The van der Waals surface area contributed by atoms with Crippen LogP contribution in [-0.4, -0.2) is 36.6 Å². The molecule has 0 bridgehead atoms. The molecular formula is C17H19N3O. The second kappa shape index (κ2) is 8.03. The van der Waals surface area contributed by atoms with Crippen molar-refractivity contribution >= 4 is 0 Å². The van der Waals surface area contributed by atoms with Gasteiger partial charge in [0.15, 0.2) is 0 Å². The van der Waals surface area contributed by atoms with E-state index in [9.17, 15) is 0 Å². The molecular weight excluding hydrogens is 262 g/mol. The van der Waals surface area contributed by atoms with Gasteiger partial charge in [0.2, 0.25) is 0 Å². The van der Waals surface area contributed by atoms with E-state index in [4.69, 9.17) is 10.00 Å². The summed E-state index contributed by atoms with van der Waals surface area (Å²) in [5.74, 6) is 0.798. The third-order valence-corrected chi connectivity index (χ3v) is 3.20. The van der Waals surface area contributed by atoms with Crippen LogP contribution in [-0.2, 0) is 6.42 Å². The van der Waals surface area contributed by atoms with E-state index >= 15 is 0 Å². The van der Waals surface area contributed by atoms with Crippen molar-refractivity contribution in [3.05, 3.63) is 59.9 Å². The van der Waals surface area contributed by atoms with Gasteiger partial charge in [-0.2, -0.15) is 5.26 Å². The smallest absolute Gasteiger partial charge is 0.119 e. The Balaban J connectivity index is 1.67. The third-order valence-electron chi connectivity index (χ3n) is 3.20. The van der Waals surface area contributed by atoms with Crippen LogP contribution in [0.25, 0.3) is 0 Å². The van der Waals surface area contributed by atoms with Gasteiger partial charge in [0, 0.05) is 31.4 Å². The Morgan fingerprint density at radius 2 is 1.95 bits per heavy atom. The van der Waals surface area contributed by atoms with Gasteiger partial charge in [0.25, 0.3) is 0 Å². The predicted octanol–water partition coefficient (Wildman–Crippen LogP) is 2.51. The highest BCUT2D eigenvalue weighted by Gasteiger charge is 2.01. The van der Waals surface area contributed by atoms with Crippen molar-refractivity contribution in [2.45, 2.75) is 6.42 Å². The summed E-state index contributed by atoms with van der Waals surface area (Å²) in [6, 6.07) is 15.3. The molecule has 2 aromatic rings. The first-order valence-corrected chi connectivity index (χ1v) is 6.99. The van der Waals surface area contributed by atoms with Crippen LogP contribution in [0.4, 0.5) is 0 Å². The highest BCUT2D eigenvalue weighted by atomic mass is 16.5. The van der Waals surface area contributed by atoms with E-state index in [1.165, 1.54) is 0 Å². The fraction of sp³-hybridized carbons (Fsp3) is 0.294. The molecule has 0 aliphatic carbocycles. The summed E-state index contributed by atoms with van der Waals surface area (Å²) in [5, 5.41) is 8.73. The van der Waals surface area contributed by atoms with Gasteiger partial charge in [0.05, 0.1) is 11.6 Å². The summed E-state index contributed by atoms with van der Waals surface area (Å²) in [4.78, 5) is 6.53. The lowest BCUT2D eigenvalue weighted by atomic mass is 10.2. The van der Waals surface area contributed by atoms with E-state index in [0.717, 1.165) is 31.0 Å². The molecule has 1 aromatic heterocycles. The molecule has 0 aliphatic rings. The zero-order valence-electron chi connectivity index (χ0n) is 12.2. The number of benzene rings is 1. The lowest BCUT2D eigenvalue weighted by molar-refractivity contribution is 0.238. The van der Waals surface area contributed by atoms with Gasteiger partial charge >= 0.3 is 0 Å². The minimum Gasteiger partial charge on any atom is -0.492 e. The lowest BCUT2D eigenvalue weighted by Gasteiger charge is -2.16. The molecule has 0 saturated carbocycles. The summed E-state index contributed by atoms with van der Waals surface area (Å²) >= 11 is 0. The summed E-state index contributed by atoms with van der Waals surface area (Å²) in [5.41, 5.74) is 1.76. The Kier molecular flexibility index (Phi) is 5.74. The number of ether oxygens (including phenoxy) is 1. The maximum atomic E-state index is 8.73. The van der Waals surface area contributed by atoms with Crippen LogP contribution < -0.4 is 4.74 Å². The van der Waals surface area contributed by atoms with E-state index < -0.39 is 0 Å². The van der Waals surface area contributed by atoms with Crippen molar-refractivity contribution in [1.82, 2.24) is 9.88 Å². The van der Waals surface area contributed by atoms with Crippen molar-refractivity contribution < 1.29 is 4.74 Å². The number of hydrogen-bond acceptors (Lipinski definition) is 4. The molecule has 0 radical (unpaired) electrons. The van der Waals surface area contributed by atoms with Gasteiger partial charge < -0.3 is 9.64 Å². The van der Waals surface area contributed by atoms with Crippen LogP contribution >= 0.6 is 0 Å². The molecule has 0 saturated heterocycles. The molecule has 0 amide bonds. The molecule has 4 heteroatoms. The van der Waals surface area contributed by atoms with Crippen molar-refractivity contribution in [3.8, 4) is 11.8 Å². The zero-order chi connectivity index (χ0) is 14.9. The maximum absolute atomic E-state index is 8.73. The standard InChI is InChI=1S/C17H19N3O/c1-20(11-9-16-4-2-3-10-19-16)12-13-21-17-7-5-15(14-18)6-8-17/h2-8,10H,9,11-13H2,1H3. The van der Waals surface area contributed by atoms with Gasteiger partial charge in [-0.05, 0) is 43.4 Å². The van der Waals surface area contributed by atoms with Crippen LogP contribution in [0.3, 0.4) is 0 Å². The molecule has 4 nitrogen and oxygen atoms in total. The van der Waals surface area contributed by atoms with Crippen molar-refractivity contribution in [1.29, 1.82) is 5.26 Å². The number of hydrogen-bond donors (Lipinski definition) is 0. The third kappa shape index (κ3) is 5.25. The molecule has 1 aromatic carbocycles. The molecule has 2 rings (SSSR count). The van der Waals surface area contributed by atoms with Crippen LogP contribution in [0.2, 0.25) is 0 Å². The number of rotatable bonds is 7. The largest absolute Gasteiger partial charge is 0.492 e. The second-order valence-corrected chi connectivity index (χ2v) is 4.86. The van der Waals surface area contributed by atoms with E-state index in [1.54, 1.807) is 12.1 Å². The fourth-order valence-electron chi connectivity index (χ4n) is 1.91. The second-order valence-electron chi connectivity index (χ2n) is 4.86. The molecule has 0 aliphatic heterocycles. The molecule has 0 spiro atoms. The number of aromatic nitrogens is 1. The Morgan fingerprint density at radius 1 is 1.14 bits per heavy atom. The molecule has 0 atom stereocenters. The van der Waals surface area contributed by atoms with Gasteiger partial charge in [-0.15, -0.1) is 0 Å². The van der Waals surface area contributed by atoms with E-state index in [0.29, 0.717) is 12.2 Å². The SMILES string of the molecule is CN(CCOc1ccc(C#N)cc1)CCc1ccccn1. The Hall–Kier alpha value is -2.38. The van der Waals surface area contributed by atoms with E-state index in [1.807, 2.05) is 36.5 Å². The zero-order valence-corrected chi connectivity index (χ0v) is 12.2.